The predicted octanol–water partition coefficient (Wildman–Crippen LogP) is 1.91. The first-order valence-corrected chi connectivity index (χ1v) is 8.79. The van der Waals surface area contributed by atoms with Crippen molar-refractivity contribution in [2.45, 2.75) is 25.6 Å². The Morgan fingerprint density at radius 3 is 2.77 bits per heavy atom. The molecule has 1 saturated heterocycles. The molecule has 1 atom stereocenters. The molecule has 0 aromatic carbocycles. The second kappa shape index (κ2) is 6.00. The van der Waals surface area contributed by atoms with Crippen molar-refractivity contribution in [1.82, 2.24) is 19.7 Å². The van der Waals surface area contributed by atoms with Gasteiger partial charge in [-0.05, 0) is 42.9 Å². The molecule has 26 heavy (non-hydrogen) atoms. The Labute approximate surface area is 150 Å². The van der Waals surface area contributed by atoms with E-state index in [4.69, 9.17) is 0 Å². The Balaban J connectivity index is 1.37. The molecule has 0 spiro atoms. The van der Waals surface area contributed by atoms with Gasteiger partial charge in [0.2, 0.25) is 0 Å². The summed E-state index contributed by atoms with van der Waals surface area (Å²) >= 11 is 0. The number of aliphatic hydroxyl groups excluding tert-OH is 1. The van der Waals surface area contributed by atoms with Gasteiger partial charge in [-0.15, -0.1) is 0 Å². The van der Waals surface area contributed by atoms with Crippen LogP contribution in [0.2, 0.25) is 0 Å². The minimum atomic E-state index is -0.765. The molecule has 0 aliphatic carbocycles. The number of anilines is 1. The molecule has 130 valence electrons. The van der Waals surface area contributed by atoms with Gasteiger partial charge in [-0.2, -0.15) is 10.1 Å². The monoisotopic (exact) mass is 346 g/mol. The molecule has 0 bridgehead atoms. The van der Waals surface area contributed by atoms with Crippen LogP contribution in [-0.2, 0) is 6.54 Å². The summed E-state index contributed by atoms with van der Waals surface area (Å²) in [5.74, 6) is 4.36. The van der Waals surface area contributed by atoms with Gasteiger partial charge in [0.25, 0.3) is 0 Å². The lowest BCUT2D eigenvalue weighted by atomic mass is 10.3. The normalized spacial score (nSPS) is 20.8. The zero-order valence-corrected chi connectivity index (χ0v) is 14.2. The molecule has 2 aromatic heterocycles. The number of aromatic nitrogens is 3. The molecule has 5 heterocycles. The standard InChI is InChI=1S/C19H18N6O/c26-19-15-12-25(14-6-7-17(21-11-14)23-9-3-4-10-23)22-16(15)13-24(19)18-5-1-2-8-20-18/h1,5-7,11-12,19,26H,3-4,9-10,13H2. The molecule has 0 saturated carbocycles. The fourth-order valence-electron chi connectivity index (χ4n) is 3.60. The van der Waals surface area contributed by atoms with Crippen LogP contribution in [0.4, 0.5) is 5.82 Å². The number of hydrogen-bond donors (Lipinski definition) is 1. The van der Waals surface area contributed by atoms with E-state index in [0.29, 0.717) is 12.4 Å². The van der Waals surface area contributed by atoms with E-state index in [1.165, 1.54) is 12.8 Å². The molecule has 2 aromatic rings. The zero-order valence-electron chi connectivity index (χ0n) is 14.2. The highest BCUT2D eigenvalue weighted by Crippen LogP contribution is 2.35. The van der Waals surface area contributed by atoms with Crippen LogP contribution in [0.15, 0.2) is 53.2 Å². The molecule has 7 heteroatoms. The number of nitrogens with zero attached hydrogens (tertiary/aromatic N) is 6. The van der Waals surface area contributed by atoms with Gasteiger partial charge in [-0.3, -0.25) is 0 Å². The van der Waals surface area contributed by atoms with Crippen molar-refractivity contribution < 1.29 is 5.11 Å². The maximum absolute atomic E-state index is 10.6. The van der Waals surface area contributed by atoms with E-state index in [9.17, 15) is 5.11 Å². The Morgan fingerprint density at radius 1 is 1.19 bits per heavy atom. The van der Waals surface area contributed by atoms with Gasteiger partial charge in [-0.25, -0.2) is 9.67 Å². The van der Waals surface area contributed by atoms with Gasteiger partial charge in [0.05, 0.1) is 24.1 Å². The first-order chi connectivity index (χ1) is 12.8. The van der Waals surface area contributed by atoms with Crippen LogP contribution >= 0.6 is 0 Å². The van der Waals surface area contributed by atoms with Gasteiger partial charge in [0.15, 0.2) is 6.23 Å². The van der Waals surface area contributed by atoms with Crippen LogP contribution in [0.1, 0.15) is 30.3 Å². The summed E-state index contributed by atoms with van der Waals surface area (Å²) in [5.41, 5.74) is 5.30. The number of fused-ring (bicyclic) bond motifs is 1. The molecular formula is C19H18N6O. The third-order valence-electron chi connectivity index (χ3n) is 4.99. The van der Waals surface area contributed by atoms with Gasteiger partial charge >= 0.3 is 0 Å². The second-order valence-electron chi connectivity index (χ2n) is 6.61. The Hall–Kier alpha value is -3.11. The van der Waals surface area contributed by atoms with Crippen LogP contribution in [0.5, 0.6) is 0 Å². The largest absolute Gasteiger partial charge is 0.369 e. The molecule has 3 aliphatic rings. The minimum absolute atomic E-state index is 0.508. The SMILES string of the molecule is OC1c2cn(-c3ccc(N4CCCC4)nc3)nc2CN1C1=CC=C=C=N1. The predicted molar refractivity (Wildman–Crippen MR) is 96.9 cm³/mol. The molecule has 0 amide bonds. The third-order valence-corrected chi connectivity index (χ3v) is 4.99. The van der Waals surface area contributed by atoms with Crippen LogP contribution in [0.25, 0.3) is 5.69 Å². The van der Waals surface area contributed by atoms with E-state index in [-0.39, 0.29) is 0 Å². The lowest BCUT2D eigenvalue weighted by molar-refractivity contribution is 0.0380. The molecule has 1 fully saturated rings. The van der Waals surface area contributed by atoms with Crippen molar-refractivity contribution in [1.29, 1.82) is 0 Å². The Kier molecular flexibility index (Phi) is 3.50. The van der Waals surface area contributed by atoms with Crippen molar-refractivity contribution in [3.05, 3.63) is 59.5 Å². The van der Waals surface area contributed by atoms with Crippen molar-refractivity contribution in [2.75, 3.05) is 18.0 Å². The van der Waals surface area contributed by atoms with Gasteiger partial charge in [0.1, 0.15) is 11.6 Å². The smallest absolute Gasteiger partial charge is 0.158 e. The number of hydrogen-bond acceptors (Lipinski definition) is 6. The minimum Gasteiger partial charge on any atom is -0.369 e. The molecule has 0 radical (unpaired) electrons. The van der Waals surface area contributed by atoms with Crippen LogP contribution < -0.4 is 4.90 Å². The highest BCUT2D eigenvalue weighted by Gasteiger charge is 2.33. The number of rotatable bonds is 3. The fourth-order valence-corrected chi connectivity index (χ4v) is 3.60. The van der Waals surface area contributed by atoms with Gasteiger partial charge < -0.3 is 14.9 Å². The van der Waals surface area contributed by atoms with Crippen LogP contribution in [0, 0.1) is 0 Å². The maximum atomic E-state index is 10.6. The van der Waals surface area contributed by atoms with E-state index < -0.39 is 6.23 Å². The summed E-state index contributed by atoms with van der Waals surface area (Å²) in [6.07, 6.45) is 8.94. The van der Waals surface area contributed by atoms with E-state index in [1.54, 1.807) is 21.7 Å². The van der Waals surface area contributed by atoms with E-state index in [1.807, 2.05) is 24.5 Å². The van der Waals surface area contributed by atoms with Crippen molar-refractivity contribution >= 4 is 11.7 Å². The topological polar surface area (TPSA) is 69.8 Å². The average Bonchev–Trinajstić information content (AvgIpc) is 3.41. The van der Waals surface area contributed by atoms with Gasteiger partial charge in [-0.1, -0.05) is 0 Å². The van der Waals surface area contributed by atoms with E-state index >= 15 is 0 Å². The molecule has 1 unspecified atom stereocenters. The lowest BCUT2D eigenvalue weighted by Crippen LogP contribution is -2.21. The van der Waals surface area contributed by atoms with Crippen molar-refractivity contribution in [3.63, 3.8) is 0 Å². The second-order valence-corrected chi connectivity index (χ2v) is 6.61. The highest BCUT2D eigenvalue weighted by atomic mass is 16.3. The van der Waals surface area contributed by atoms with Gasteiger partial charge in [0, 0.05) is 30.7 Å². The first-order valence-electron chi connectivity index (χ1n) is 8.79. The van der Waals surface area contributed by atoms with Crippen LogP contribution in [-0.4, -0.2) is 43.7 Å². The maximum Gasteiger partial charge on any atom is 0.158 e. The summed E-state index contributed by atoms with van der Waals surface area (Å²) in [7, 11) is 0. The summed E-state index contributed by atoms with van der Waals surface area (Å²) in [6, 6.07) is 4.06. The summed E-state index contributed by atoms with van der Waals surface area (Å²) in [6.45, 7) is 2.66. The summed E-state index contributed by atoms with van der Waals surface area (Å²) < 4.78 is 1.78. The zero-order chi connectivity index (χ0) is 17.5. The number of pyridine rings is 1. The number of aliphatic hydroxyl groups is 1. The fraction of sp³-hybridized carbons (Fsp3) is 0.316. The molecular weight excluding hydrogens is 328 g/mol. The van der Waals surface area contributed by atoms with E-state index in [2.05, 4.69) is 31.6 Å². The summed E-state index contributed by atoms with van der Waals surface area (Å²) in [5, 5.41) is 15.3. The Morgan fingerprint density at radius 2 is 2.08 bits per heavy atom. The van der Waals surface area contributed by atoms with E-state index in [0.717, 1.165) is 35.9 Å². The molecule has 1 N–H and O–H groups in total. The first kappa shape index (κ1) is 15.2. The molecule has 5 rings (SSSR count). The quantitative estimate of drug-likeness (QED) is 0.860. The van der Waals surface area contributed by atoms with Crippen molar-refractivity contribution in [3.8, 4) is 5.69 Å². The Bertz CT molecular complexity index is 970. The molecule has 3 aliphatic heterocycles. The lowest BCUT2D eigenvalue weighted by Gasteiger charge is -2.22. The summed E-state index contributed by atoms with van der Waals surface area (Å²) in [4.78, 5) is 12.8. The van der Waals surface area contributed by atoms with Crippen LogP contribution in [0.3, 0.4) is 0 Å². The highest BCUT2D eigenvalue weighted by molar-refractivity contribution is 5.55. The molecule has 7 nitrogen and oxygen atoms in total. The third kappa shape index (κ3) is 2.47. The van der Waals surface area contributed by atoms with Crippen molar-refractivity contribution in [2.24, 2.45) is 4.99 Å². The average molecular weight is 346 g/mol. The number of allylic oxidation sites excluding steroid dienone is 2. The number of aliphatic imine (C=N–C) groups is 1.